The van der Waals surface area contributed by atoms with E-state index in [1.165, 1.54) is 16.7 Å². The number of aliphatic hydroxyl groups is 1. The first-order valence-corrected chi connectivity index (χ1v) is 10.1. The molecule has 2 saturated heterocycles. The van der Waals surface area contributed by atoms with Crippen molar-refractivity contribution < 1.29 is 9.84 Å². The number of benzene rings is 2. The van der Waals surface area contributed by atoms with Gasteiger partial charge in [-0.2, -0.15) is 0 Å². The van der Waals surface area contributed by atoms with E-state index in [-0.39, 0.29) is 0 Å². The maximum absolute atomic E-state index is 10.9. The van der Waals surface area contributed by atoms with Crippen molar-refractivity contribution in [1.82, 2.24) is 10.2 Å². The van der Waals surface area contributed by atoms with Crippen LogP contribution in [0.15, 0.2) is 48.5 Å². The average Bonchev–Trinajstić information content (AvgIpc) is 2.75. The molecule has 2 fully saturated rings. The van der Waals surface area contributed by atoms with Gasteiger partial charge in [-0.15, -0.1) is 0 Å². The molecular weight excluding hydrogens is 336 g/mol. The fourth-order valence-electron chi connectivity index (χ4n) is 4.23. The van der Waals surface area contributed by atoms with Crippen molar-refractivity contribution >= 4 is 0 Å². The zero-order chi connectivity index (χ0) is 18.7. The van der Waals surface area contributed by atoms with Gasteiger partial charge in [0.2, 0.25) is 0 Å². The Labute approximate surface area is 162 Å². The quantitative estimate of drug-likeness (QED) is 0.871. The van der Waals surface area contributed by atoms with Crippen LogP contribution in [0.25, 0.3) is 11.1 Å². The van der Waals surface area contributed by atoms with Gasteiger partial charge >= 0.3 is 0 Å². The van der Waals surface area contributed by atoms with Gasteiger partial charge in [-0.05, 0) is 55.1 Å². The minimum atomic E-state index is -0.679. The molecule has 0 spiro atoms. The molecule has 4 nitrogen and oxygen atoms in total. The Hall–Kier alpha value is -1.72. The second-order valence-corrected chi connectivity index (χ2v) is 7.81. The number of hydrogen-bond donors (Lipinski definition) is 2. The third-order valence-electron chi connectivity index (χ3n) is 6.17. The summed E-state index contributed by atoms with van der Waals surface area (Å²) in [6, 6.07) is 17.8. The molecule has 2 aromatic carbocycles. The minimum absolute atomic E-state index is 0.416. The van der Waals surface area contributed by atoms with Crippen molar-refractivity contribution in [1.29, 1.82) is 0 Å². The highest BCUT2D eigenvalue weighted by atomic mass is 16.5. The molecule has 2 heterocycles. The number of morpholine rings is 1. The largest absolute Gasteiger partial charge is 0.385 e. The van der Waals surface area contributed by atoms with Crippen molar-refractivity contribution in [2.24, 2.45) is 0 Å². The molecule has 0 saturated carbocycles. The molecule has 144 valence electrons. The normalized spacial score (nSPS) is 21.7. The first-order chi connectivity index (χ1) is 13.2. The van der Waals surface area contributed by atoms with E-state index in [1.54, 1.807) is 0 Å². The molecule has 0 bridgehead atoms. The maximum atomic E-state index is 10.9. The van der Waals surface area contributed by atoms with E-state index in [2.05, 4.69) is 65.7 Å². The molecule has 0 aromatic heterocycles. The minimum Gasteiger partial charge on any atom is -0.385 e. The van der Waals surface area contributed by atoms with Gasteiger partial charge in [0.25, 0.3) is 0 Å². The highest BCUT2D eigenvalue weighted by molar-refractivity contribution is 5.64. The summed E-state index contributed by atoms with van der Waals surface area (Å²) in [4.78, 5) is 2.48. The van der Waals surface area contributed by atoms with Crippen molar-refractivity contribution in [3.63, 3.8) is 0 Å². The van der Waals surface area contributed by atoms with Crippen molar-refractivity contribution in [3.05, 3.63) is 59.7 Å². The summed E-state index contributed by atoms with van der Waals surface area (Å²) in [6.07, 6.45) is 1.56. The number of piperidine rings is 1. The van der Waals surface area contributed by atoms with Crippen molar-refractivity contribution in [3.8, 4) is 11.1 Å². The highest BCUT2D eigenvalue weighted by Gasteiger charge is 2.30. The Morgan fingerprint density at radius 3 is 2.07 bits per heavy atom. The van der Waals surface area contributed by atoms with Crippen LogP contribution < -0.4 is 5.32 Å². The number of nitrogens with one attached hydrogen (secondary N) is 1. The van der Waals surface area contributed by atoms with Gasteiger partial charge in [0.1, 0.15) is 0 Å². The van der Waals surface area contributed by atoms with Crippen LogP contribution in [0.2, 0.25) is 0 Å². The molecule has 2 N–H and O–H groups in total. The Balaban J connectivity index is 1.47. The maximum Gasteiger partial charge on any atom is 0.0920 e. The summed E-state index contributed by atoms with van der Waals surface area (Å²) in [7, 11) is 0. The van der Waals surface area contributed by atoms with E-state index in [0.717, 1.165) is 57.8 Å². The molecule has 4 rings (SSSR count). The third-order valence-corrected chi connectivity index (χ3v) is 6.17. The van der Waals surface area contributed by atoms with Crippen LogP contribution in [0.4, 0.5) is 0 Å². The lowest BCUT2D eigenvalue weighted by Crippen LogP contribution is -2.39. The molecule has 0 unspecified atom stereocenters. The zero-order valence-electron chi connectivity index (χ0n) is 16.2. The van der Waals surface area contributed by atoms with Gasteiger partial charge in [-0.1, -0.05) is 48.5 Å². The molecule has 2 aliphatic heterocycles. The molecule has 27 heavy (non-hydrogen) atoms. The van der Waals surface area contributed by atoms with E-state index in [9.17, 15) is 5.11 Å². The van der Waals surface area contributed by atoms with Crippen LogP contribution >= 0.6 is 0 Å². The molecule has 1 atom stereocenters. The Morgan fingerprint density at radius 2 is 1.48 bits per heavy atom. The molecular formula is C23H30N2O2. The fourth-order valence-corrected chi connectivity index (χ4v) is 4.23. The van der Waals surface area contributed by atoms with Crippen LogP contribution in [0, 0.1) is 0 Å². The predicted octanol–water partition coefficient (Wildman–Crippen LogP) is 3.32. The summed E-state index contributed by atoms with van der Waals surface area (Å²) in [5.74, 6) is 0. The van der Waals surface area contributed by atoms with Crippen LogP contribution in [0.1, 0.15) is 36.9 Å². The lowest BCUT2D eigenvalue weighted by Gasteiger charge is -2.33. The Bertz CT molecular complexity index is 730. The highest BCUT2D eigenvalue weighted by Crippen LogP contribution is 2.32. The first-order valence-electron chi connectivity index (χ1n) is 10.1. The van der Waals surface area contributed by atoms with Crippen molar-refractivity contribution in [2.75, 3.05) is 39.4 Å². The fraction of sp³-hybridized carbons (Fsp3) is 0.478. The summed E-state index contributed by atoms with van der Waals surface area (Å²) in [5, 5.41) is 14.2. The third kappa shape index (κ3) is 4.09. The van der Waals surface area contributed by atoms with Crippen LogP contribution in [0.5, 0.6) is 0 Å². The van der Waals surface area contributed by atoms with E-state index in [1.807, 2.05) is 0 Å². The number of nitrogens with zero attached hydrogens (tertiary/aromatic N) is 1. The van der Waals surface area contributed by atoms with E-state index in [0.29, 0.717) is 6.04 Å². The van der Waals surface area contributed by atoms with Gasteiger partial charge < -0.3 is 15.2 Å². The van der Waals surface area contributed by atoms with Gasteiger partial charge in [0.15, 0.2) is 0 Å². The van der Waals surface area contributed by atoms with Crippen LogP contribution in [-0.2, 0) is 10.3 Å². The number of ether oxygens (including phenoxy) is 1. The molecule has 2 aromatic rings. The molecule has 4 heteroatoms. The van der Waals surface area contributed by atoms with Gasteiger partial charge in [0.05, 0.1) is 18.8 Å². The van der Waals surface area contributed by atoms with Crippen molar-refractivity contribution in [2.45, 2.75) is 31.4 Å². The van der Waals surface area contributed by atoms with Crippen LogP contribution in [0.3, 0.4) is 0 Å². The Morgan fingerprint density at radius 1 is 0.926 bits per heavy atom. The predicted molar refractivity (Wildman–Crippen MR) is 109 cm³/mol. The average molecular weight is 367 g/mol. The zero-order valence-corrected chi connectivity index (χ0v) is 16.2. The van der Waals surface area contributed by atoms with E-state index < -0.39 is 5.60 Å². The summed E-state index contributed by atoms with van der Waals surface area (Å²) >= 11 is 0. The van der Waals surface area contributed by atoms with E-state index >= 15 is 0 Å². The Kier molecular flexibility index (Phi) is 5.60. The lowest BCUT2D eigenvalue weighted by atomic mass is 9.84. The summed E-state index contributed by atoms with van der Waals surface area (Å²) < 4.78 is 5.46. The lowest BCUT2D eigenvalue weighted by molar-refractivity contribution is 0.00595. The monoisotopic (exact) mass is 366 g/mol. The topological polar surface area (TPSA) is 44.7 Å². The number of rotatable bonds is 4. The van der Waals surface area contributed by atoms with Crippen LogP contribution in [-0.4, -0.2) is 49.4 Å². The van der Waals surface area contributed by atoms with Gasteiger partial charge in [-0.3, -0.25) is 4.90 Å². The standard InChI is InChI=1S/C23H30N2O2/c1-18(25-14-16-27-17-15-25)19-2-4-20(5-3-19)21-6-8-22(9-7-21)23(26)10-12-24-13-11-23/h2-9,18,24,26H,10-17H2,1H3/t18-/m0/s1. The second-order valence-electron chi connectivity index (χ2n) is 7.81. The summed E-state index contributed by atoms with van der Waals surface area (Å²) in [5.41, 5.74) is 4.12. The van der Waals surface area contributed by atoms with E-state index in [4.69, 9.17) is 4.74 Å². The SMILES string of the molecule is C[C@@H](c1ccc(-c2ccc(C3(O)CCNCC3)cc2)cc1)N1CCOCC1. The second kappa shape index (κ2) is 8.11. The first kappa shape index (κ1) is 18.6. The van der Waals surface area contributed by atoms with Gasteiger partial charge in [0, 0.05) is 19.1 Å². The summed E-state index contributed by atoms with van der Waals surface area (Å²) in [6.45, 7) is 7.69. The molecule has 0 radical (unpaired) electrons. The smallest absolute Gasteiger partial charge is 0.0920 e. The molecule has 0 amide bonds. The molecule has 0 aliphatic carbocycles. The van der Waals surface area contributed by atoms with Gasteiger partial charge in [-0.25, -0.2) is 0 Å². The molecule has 2 aliphatic rings. The number of hydrogen-bond acceptors (Lipinski definition) is 4.